The van der Waals surface area contributed by atoms with E-state index >= 15 is 0 Å². The molecule has 0 amide bonds. The highest BCUT2D eigenvalue weighted by Crippen LogP contribution is 2.34. The Bertz CT molecular complexity index is 658. The van der Waals surface area contributed by atoms with Crippen LogP contribution >= 0.6 is 15.9 Å². The fraction of sp³-hybridized carbons (Fsp3) is 0.231. The van der Waals surface area contributed by atoms with Crippen LogP contribution < -0.4 is 10.6 Å². The molecule has 2 N–H and O–H groups in total. The third-order valence-electron chi connectivity index (χ3n) is 2.77. The van der Waals surface area contributed by atoms with Gasteiger partial charge in [-0.3, -0.25) is 0 Å². The third-order valence-corrected chi connectivity index (χ3v) is 3.26. The molecule has 2 aromatic rings. The van der Waals surface area contributed by atoms with Crippen LogP contribution in [0, 0.1) is 6.92 Å². The van der Waals surface area contributed by atoms with E-state index in [1.807, 2.05) is 19.1 Å². The van der Waals surface area contributed by atoms with E-state index in [0.717, 1.165) is 21.9 Å². The van der Waals surface area contributed by atoms with Crippen molar-refractivity contribution in [3.63, 3.8) is 0 Å². The first-order chi connectivity index (χ1) is 9.81. The topological polar surface area (TPSA) is 49.8 Å². The first-order valence-electron chi connectivity index (χ1n) is 5.96. The molecule has 0 radical (unpaired) electrons. The number of anilines is 3. The SMILES string of the molecule is CNc1nc(Nc2ccc(Br)cc2C)ncc1C(F)(F)F. The van der Waals surface area contributed by atoms with Crippen LogP contribution in [0.25, 0.3) is 0 Å². The van der Waals surface area contributed by atoms with Gasteiger partial charge < -0.3 is 10.6 Å². The summed E-state index contributed by atoms with van der Waals surface area (Å²) in [6, 6.07) is 5.49. The number of rotatable bonds is 3. The van der Waals surface area contributed by atoms with Gasteiger partial charge in [0.1, 0.15) is 11.4 Å². The highest BCUT2D eigenvalue weighted by Gasteiger charge is 2.35. The number of benzene rings is 1. The van der Waals surface area contributed by atoms with E-state index in [0.29, 0.717) is 0 Å². The fourth-order valence-electron chi connectivity index (χ4n) is 1.73. The predicted octanol–water partition coefficient (Wildman–Crippen LogP) is 4.35. The lowest BCUT2D eigenvalue weighted by Crippen LogP contribution is -2.12. The fourth-order valence-corrected chi connectivity index (χ4v) is 2.20. The minimum absolute atomic E-state index is 0.0952. The van der Waals surface area contributed by atoms with Crippen molar-refractivity contribution in [2.24, 2.45) is 0 Å². The average molecular weight is 361 g/mol. The normalized spacial score (nSPS) is 11.3. The highest BCUT2D eigenvalue weighted by atomic mass is 79.9. The molecule has 1 aromatic carbocycles. The molecule has 1 heterocycles. The monoisotopic (exact) mass is 360 g/mol. The number of halogens is 4. The van der Waals surface area contributed by atoms with Crippen LogP contribution in [0.1, 0.15) is 11.1 Å². The summed E-state index contributed by atoms with van der Waals surface area (Å²) in [5, 5.41) is 5.34. The maximum absolute atomic E-state index is 12.8. The van der Waals surface area contributed by atoms with Crippen LogP contribution in [-0.4, -0.2) is 17.0 Å². The Morgan fingerprint density at radius 1 is 1.24 bits per heavy atom. The van der Waals surface area contributed by atoms with Gasteiger partial charge in [0.05, 0.1) is 0 Å². The highest BCUT2D eigenvalue weighted by molar-refractivity contribution is 9.10. The maximum Gasteiger partial charge on any atom is 0.421 e. The van der Waals surface area contributed by atoms with Crippen LogP contribution in [0.4, 0.5) is 30.6 Å². The molecule has 21 heavy (non-hydrogen) atoms. The van der Waals surface area contributed by atoms with Gasteiger partial charge >= 0.3 is 6.18 Å². The molecule has 2 rings (SSSR count). The Kier molecular flexibility index (Phi) is 4.36. The van der Waals surface area contributed by atoms with E-state index in [1.54, 1.807) is 6.07 Å². The van der Waals surface area contributed by atoms with Gasteiger partial charge in [-0.1, -0.05) is 15.9 Å². The predicted molar refractivity (Wildman–Crippen MR) is 78.7 cm³/mol. The second-order valence-electron chi connectivity index (χ2n) is 4.29. The summed E-state index contributed by atoms with van der Waals surface area (Å²) in [5.41, 5.74) is 0.738. The third kappa shape index (κ3) is 3.63. The van der Waals surface area contributed by atoms with Crippen molar-refractivity contribution in [3.05, 3.63) is 40.0 Å². The molecule has 0 saturated heterocycles. The minimum atomic E-state index is -4.50. The van der Waals surface area contributed by atoms with Gasteiger partial charge in [-0.25, -0.2) is 4.98 Å². The molecule has 0 aliphatic carbocycles. The molecule has 1 aromatic heterocycles. The van der Waals surface area contributed by atoms with E-state index in [1.165, 1.54) is 7.05 Å². The lowest BCUT2D eigenvalue weighted by atomic mass is 10.2. The molecule has 0 spiro atoms. The van der Waals surface area contributed by atoms with Crippen LogP contribution in [0.15, 0.2) is 28.9 Å². The lowest BCUT2D eigenvalue weighted by molar-refractivity contribution is -0.137. The molecule has 112 valence electrons. The summed E-state index contributed by atoms with van der Waals surface area (Å²) in [6.45, 7) is 1.87. The van der Waals surface area contributed by atoms with Crippen molar-refractivity contribution in [1.82, 2.24) is 9.97 Å². The van der Waals surface area contributed by atoms with Crippen molar-refractivity contribution >= 4 is 33.4 Å². The second-order valence-corrected chi connectivity index (χ2v) is 5.20. The van der Waals surface area contributed by atoms with Gasteiger partial charge in [0.15, 0.2) is 0 Å². The molecule has 8 heteroatoms. The molecule has 0 saturated carbocycles. The molecule has 0 aliphatic heterocycles. The Morgan fingerprint density at radius 3 is 2.52 bits per heavy atom. The van der Waals surface area contributed by atoms with Gasteiger partial charge in [-0.05, 0) is 30.7 Å². The summed E-state index contributed by atoms with van der Waals surface area (Å²) < 4.78 is 39.2. The minimum Gasteiger partial charge on any atom is -0.372 e. The number of aromatic nitrogens is 2. The summed E-state index contributed by atoms with van der Waals surface area (Å²) in [4.78, 5) is 7.57. The van der Waals surface area contributed by atoms with Crippen molar-refractivity contribution in [3.8, 4) is 0 Å². The number of hydrogen-bond donors (Lipinski definition) is 2. The number of alkyl halides is 3. The van der Waals surface area contributed by atoms with Gasteiger partial charge in [0.25, 0.3) is 0 Å². The molecule has 4 nitrogen and oxygen atoms in total. The molecular formula is C13H12BrF3N4. The molecule has 0 fully saturated rings. The van der Waals surface area contributed by atoms with Gasteiger partial charge in [0.2, 0.25) is 5.95 Å². The first kappa shape index (κ1) is 15.6. The molecule has 0 aliphatic rings. The zero-order chi connectivity index (χ0) is 15.6. The van der Waals surface area contributed by atoms with Gasteiger partial charge in [-0.15, -0.1) is 0 Å². The Balaban J connectivity index is 2.33. The molecule has 0 atom stereocenters. The first-order valence-corrected chi connectivity index (χ1v) is 6.75. The lowest BCUT2D eigenvalue weighted by Gasteiger charge is -2.13. The second kappa shape index (κ2) is 5.88. The smallest absolute Gasteiger partial charge is 0.372 e. The quantitative estimate of drug-likeness (QED) is 0.854. The Hall–Kier alpha value is -1.83. The Morgan fingerprint density at radius 2 is 1.95 bits per heavy atom. The standard InChI is InChI=1S/C13H12BrF3N4/c1-7-5-8(14)3-4-10(7)20-12-19-6-9(13(15,16)17)11(18-2)21-12/h3-6H,1-2H3,(H2,18,19,20,21). The summed E-state index contributed by atoms with van der Waals surface area (Å²) in [7, 11) is 1.38. The average Bonchev–Trinajstić information content (AvgIpc) is 2.40. The van der Waals surface area contributed by atoms with Crippen molar-refractivity contribution in [1.29, 1.82) is 0 Å². The van der Waals surface area contributed by atoms with E-state index in [4.69, 9.17) is 0 Å². The van der Waals surface area contributed by atoms with Crippen LogP contribution in [0.2, 0.25) is 0 Å². The maximum atomic E-state index is 12.8. The van der Waals surface area contributed by atoms with Crippen molar-refractivity contribution in [2.45, 2.75) is 13.1 Å². The van der Waals surface area contributed by atoms with E-state index < -0.39 is 11.7 Å². The van der Waals surface area contributed by atoms with Crippen LogP contribution in [-0.2, 0) is 6.18 Å². The molecule has 0 bridgehead atoms. The van der Waals surface area contributed by atoms with E-state index in [9.17, 15) is 13.2 Å². The van der Waals surface area contributed by atoms with Crippen molar-refractivity contribution in [2.75, 3.05) is 17.7 Å². The number of nitrogens with one attached hydrogen (secondary N) is 2. The largest absolute Gasteiger partial charge is 0.421 e. The van der Waals surface area contributed by atoms with Crippen LogP contribution in [0.5, 0.6) is 0 Å². The zero-order valence-electron chi connectivity index (χ0n) is 11.2. The molecule has 0 unspecified atom stereocenters. The van der Waals surface area contributed by atoms with Crippen LogP contribution in [0.3, 0.4) is 0 Å². The van der Waals surface area contributed by atoms with Gasteiger partial charge in [0, 0.05) is 23.4 Å². The van der Waals surface area contributed by atoms with E-state index in [-0.39, 0.29) is 11.8 Å². The zero-order valence-corrected chi connectivity index (χ0v) is 12.8. The number of hydrogen-bond acceptors (Lipinski definition) is 4. The van der Waals surface area contributed by atoms with E-state index in [2.05, 4.69) is 36.5 Å². The number of nitrogens with zero attached hydrogens (tertiary/aromatic N) is 2. The van der Waals surface area contributed by atoms with Crippen molar-refractivity contribution < 1.29 is 13.2 Å². The summed E-state index contributed by atoms with van der Waals surface area (Å²) in [6.07, 6.45) is -3.74. The Labute approximate surface area is 127 Å². The number of aryl methyl sites for hydroxylation is 1. The van der Waals surface area contributed by atoms with Gasteiger partial charge in [-0.2, -0.15) is 18.2 Å². The summed E-state index contributed by atoms with van der Waals surface area (Å²) >= 11 is 3.34. The molecular weight excluding hydrogens is 349 g/mol. The summed E-state index contributed by atoms with van der Waals surface area (Å²) in [5.74, 6) is -0.174.